The van der Waals surface area contributed by atoms with Crippen LogP contribution in [0.15, 0.2) is 47.5 Å². The van der Waals surface area contributed by atoms with Gasteiger partial charge in [0.25, 0.3) is 0 Å². The van der Waals surface area contributed by atoms with Gasteiger partial charge in [-0.2, -0.15) is 17.7 Å². The molecule has 2 rings (SSSR count). The number of carbonyl (C=O) groups excluding carboxylic acids is 4. The molecule has 12 heteroatoms. The van der Waals surface area contributed by atoms with Gasteiger partial charge in [0.15, 0.2) is 5.92 Å². The maximum atomic E-state index is 13.6. The molecule has 0 amide bonds. The fraction of sp³-hybridized carbons (Fsp3) is 0.471. The van der Waals surface area contributed by atoms with Crippen LogP contribution in [-0.2, 0) is 43.5 Å². The molecule has 0 spiro atoms. The first-order valence-corrected chi connectivity index (χ1v) is 14.3. The number of benzene rings is 2. The number of aryl methyl sites for hydroxylation is 2. The molecular formula is C34H45BrF2MgO8. The summed E-state index contributed by atoms with van der Waals surface area (Å²) in [4.78, 5) is 47.2. The molecule has 0 radical (unpaired) electrons. The topological polar surface area (TPSA) is 105 Å². The second-order valence-electron chi connectivity index (χ2n) is 10.1. The first-order chi connectivity index (χ1) is 20.6. The molecule has 46 heavy (non-hydrogen) atoms. The molecule has 2 aromatic rings. The predicted octanol–water partition coefficient (Wildman–Crippen LogP) is 3.16. The van der Waals surface area contributed by atoms with Crippen molar-refractivity contribution in [2.75, 3.05) is 26.4 Å². The van der Waals surface area contributed by atoms with E-state index in [0.717, 1.165) is 11.1 Å². The third-order valence-electron chi connectivity index (χ3n) is 6.05. The molecule has 0 N–H and O–H groups in total. The van der Waals surface area contributed by atoms with Gasteiger partial charge in [0.05, 0.1) is 26.4 Å². The van der Waals surface area contributed by atoms with Crippen molar-refractivity contribution in [3.8, 4) is 0 Å². The molecule has 0 unspecified atom stereocenters. The van der Waals surface area contributed by atoms with Gasteiger partial charge in [-0.05, 0) is 71.7 Å². The Morgan fingerprint density at radius 1 is 0.761 bits per heavy atom. The molecule has 0 aromatic heterocycles. The molecule has 2 aromatic carbocycles. The molecule has 252 valence electrons. The molecule has 0 bridgehead atoms. The van der Waals surface area contributed by atoms with Crippen LogP contribution in [0.5, 0.6) is 0 Å². The minimum atomic E-state index is -1.15. The Morgan fingerprint density at radius 3 is 1.54 bits per heavy atom. The summed E-state index contributed by atoms with van der Waals surface area (Å²) in [5, 5.41) is 0. The predicted molar refractivity (Wildman–Crippen MR) is 168 cm³/mol. The summed E-state index contributed by atoms with van der Waals surface area (Å²) < 4.78 is 45.2. The van der Waals surface area contributed by atoms with E-state index >= 15 is 0 Å². The van der Waals surface area contributed by atoms with Crippen molar-refractivity contribution in [2.24, 2.45) is 5.92 Å². The van der Waals surface area contributed by atoms with Crippen LogP contribution in [0.4, 0.5) is 8.78 Å². The summed E-state index contributed by atoms with van der Waals surface area (Å²) >= 11 is 0. The van der Waals surface area contributed by atoms with Crippen LogP contribution in [0.25, 0.3) is 0 Å². The second-order valence-corrected chi connectivity index (χ2v) is 10.1. The van der Waals surface area contributed by atoms with E-state index in [0.29, 0.717) is 11.1 Å². The Kier molecular flexibility index (Phi) is 25.2. The van der Waals surface area contributed by atoms with E-state index in [9.17, 15) is 28.0 Å². The Morgan fingerprint density at radius 2 is 1.20 bits per heavy atom. The summed E-state index contributed by atoms with van der Waals surface area (Å²) in [5.74, 6) is -4.34. The Bertz CT molecular complexity index is 1220. The van der Waals surface area contributed by atoms with Gasteiger partial charge in [-0.3, -0.25) is 14.0 Å². The fourth-order valence-electron chi connectivity index (χ4n) is 3.96. The van der Waals surface area contributed by atoms with E-state index in [2.05, 4.69) is 6.07 Å². The van der Waals surface area contributed by atoms with Crippen LogP contribution in [0.1, 0.15) is 72.1 Å². The van der Waals surface area contributed by atoms with Gasteiger partial charge in [0.2, 0.25) is 0 Å². The molecule has 0 aliphatic heterocycles. The van der Waals surface area contributed by atoms with Gasteiger partial charge in [0.1, 0.15) is 11.4 Å². The van der Waals surface area contributed by atoms with Crippen LogP contribution < -0.4 is 17.0 Å². The maximum absolute atomic E-state index is 13.6. The first-order valence-electron chi connectivity index (χ1n) is 14.3. The third kappa shape index (κ3) is 16.1. The van der Waals surface area contributed by atoms with Gasteiger partial charge in [-0.15, -0.1) is 12.1 Å². The Hall–Kier alpha value is -2.83. The number of rotatable bonds is 10. The summed E-state index contributed by atoms with van der Waals surface area (Å²) in [6.07, 6.45) is 0. The fourth-order valence-corrected chi connectivity index (χ4v) is 3.96. The molecule has 8 nitrogen and oxygen atoms in total. The number of esters is 4. The van der Waals surface area contributed by atoms with Crippen LogP contribution in [-0.4, -0.2) is 73.4 Å². The van der Waals surface area contributed by atoms with Crippen molar-refractivity contribution < 1.29 is 63.9 Å². The number of hydrogen-bond acceptors (Lipinski definition) is 8. The number of allylic oxidation sites excluding steroid dienone is 1. The van der Waals surface area contributed by atoms with E-state index in [1.54, 1.807) is 67.5 Å². The van der Waals surface area contributed by atoms with Gasteiger partial charge in [-0.1, -0.05) is 32.4 Å². The average Bonchev–Trinajstić information content (AvgIpc) is 2.93. The molecule has 0 aliphatic rings. The van der Waals surface area contributed by atoms with E-state index in [1.165, 1.54) is 24.3 Å². The van der Waals surface area contributed by atoms with Crippen molar-refractivity contribution >= 4 is 46.9 Å². The molecule has 0 aliphatic carbocycles. The molecule has 0 saturated carbocycles. The maximum Gasteiger partial charge on any atom is 2.00 e. The monoisotopic (exact) mass is 722 g/mol. The zero-order valence-corrected chi connectivity index (χ0v) is 31.5. The van der Waals surface area contributed by atoms with Crippen molar-refractivity contribution in [1.82, 2.24) is 0 Å². The molecule has 0 atom stereocenters. The van der Waals surface area contributed by atoms with E-state index in [1.807, 2.05) is 13.8 Å². The quantitative estimate of drug-likeness (QED) is 0.0701. The first kappa shape index (κ1) is 47.6. The SMILES string of the molecule is CCOC(=O)C(C(=O)OCC)=C(C)C.CCOC(=O)C(C(=O)OCC)C(C)(C)c1cc(F)ccc1C.Cc1[c-]cc(F)cc1.[Br-].[Mg+2]. The number of hydrogen-bond donors (Lipinski definition) is 0. The van der Waals surface area contributed by atoms with Gasteiger partial charge in [-0.25, -0.2) is 14.0 Å². The zero-order chi connectivity index (χ0) is 34.0. The Labute approximate surface area is 298 Å². The second kappa shape index (κ2) is 24.4. The van der Waals surface area contributed by atoms with Crippen LogP contribution in [0.3, 0.4) is 0 Å². The third-order valence-corrected chi connectivity index (χ3v) is 6.05. The van der Waals surface area contributed by atoms with E-state index in [4.69, 9.17) is 18.9 Å². The minimum Gasteiger partial charge on any atom is -1.00 e. The summed E-state index contributed by atoms with van der Waals surface area (Å²) in [6.45, 7) is 18.0. The largest absolute Gasteiger partial charge is 2.00 e. The summed E-state index contributed by atoms with van der Waals surface area (Å²) in [7, 11) is 0. The number of halogens is 3. The van der Waals surface area contributed by atoms with Crippen molar-refractivity contribution in [2.45, 2.75) is 74.7 Å². The normalized spacial score (nSPS) is 9.85. The van der Waals surface area contributed by atoms with Crippen molar-refractivity contribution in [3.05, 3.63) is 81.9 Å². The standard InChI is InChI=1S/C17H23FO4.C10H16O4.C7H6F.BrH.Mg/c1-6-21-15(19)14(16(20)22-7-2)17(4,5)13-10-12(18)9-8-11(13)3;1-5-13-9(11)8(7(3)4)10(12)14-6-2;1-6-2-4-7(8)5-3-6;;/h8-10,14H,6-7H2,1-5H3;5-6H2,1-4H3;2,4-5H,1H3;1H;/q;;-1;;+2/p-1. The van der Waals surface area contributed by atoms with Gasteiger partial charge in [0, 0.05) is 11.2 Å². The average molecular weight is 724 g/mol. The number of ether oxygens (including phenoxy) is 4. The van der Waals surface area contributed by atoms with Gasteiger partial charge < -0.3 is 35.9 Å². The Balaban J connectivity index is -0.000000659. The van der Waals surface area contributed by atoms with E-state index in [-0.39, 0.29) is 77.9 Å². The van der Waals surface area contributed by atoms with Crippen molar-refractivity contribution in [3.63, 3.8) is 0 Å². The summed E-state index contributed by atoms with van der Waals surface area (Å²) in [5.41, 5.74) is 1.98. The molecule has 0 saturated heterocycles. The summed E-state index contributed by atoms with van der Waals surface area (Å²) in [6, 6.07) is 11.5. The van der Waals surface area contributed by atoms with Gasteiger partial charge >= 0.3 is 46.9 Å². The molecule has 0 fully saturated rings. The van der Waals surface area contributed by atoms with Crippen molar-refractivity contribution in [1.29, 1.82) is 0 Å². The van der Waals surface area contributed by atoms with Crippen LogP contribution in [0, 0.1) is 37.5 Å². The van der Waals surface area contributed by atoms with Crippen LogP contribution in [0.2, 0.25) is 0 Å². The minimum absolute atomic E-state index is 0. The zero-order valence-electron chi connectivity index (χ0n) is 28.5. The van der Waals surface area contributed by atoms with Crippen LogP contribution >= 0.6 is 0 Å². The molecule has 0 heterocycles. The number of carbonyl (C=O) groups is 4. The molecular weight excluding hydrogens is 679 g/mol. The smallest absolute Gasteiger partial charge is 1.00 e. The van der Waals surface area contributed by atoms with E-state index < -0.39 is 41.0 Å².